The topological polar surface area (TPSA) is 72.8 Å². The minimum atomic E-state index is -1.12. The van der Waals surface area contributed by atoms with Crippen molar-refractivity contribution < 1.29 is 24.2 Å². The number of benzene rings is 2. The fourth-order valence-electron chi connectivity index (χ4n) is 5.10. The van der Waals surface area contributed by atoms with Crippen molar-refractivity contribution >= 4 is 11.9 Å². The normalized spacial score (nSPS) is 31.1. The summed E-state index contributed by atoms with van der Waals surface area (Å²) in [7, 11) is 0. The van der Waals surface area contributed by atoms with Crippen molar-refractivity contribution in [2.45, 2.75) is 31.0 Å². The Balaban J connectivity index is 1.81. The lowest BCUT2D eigenvalue weighted by atomic mass is 9.52. The molecule has 0 spiro atoms. The number of aliphatic hydroxyl groups excluding tert-OH is 1. The second-order valence-corrected chi connectivity index (χ2v) is 7.50. The highest BCUT2D eigenvalue weighted by molar-refractivity contribution is 6.00. The predicted molar refractivity (Wildman–Crippen MR) is 95.8 cm³/mol. The van der Waals surface area contributed by atoms with Crippen LogP contribution in [0.1, 0.15) is 41.5 Å². The van der Waals surface area contributed by atoms with Gasteiger partial charge >= 0.3 is 11.9 Å². The Bertz CT molecular complexity index is 902. The number of cyclic esters (lactones) is 2. The molecule has 6 rings (SSSR count). The molecule has 2 bridgehead atoms. The molecular weight excluding hydrogens is 344 g/mol. The third-order valence-corrected chi connectivity index (χ3v) is 6.25. The first-order chi connectivity index (χ1) is 13.1. The maximum absolute atomic E-state index is 12.8. The summed E-state index contributed by atoms with van der Waals surface area (Å²) in [6.45, 7) is 1.95. The van der Waals surface area contributed by atoms with Crippen LogP contribution in [0, 0.1) is 11.8 Å². The summed E-state index contributed by atoms with van der Waals surface area (Å²) in [4.78, 5) is 25.4. The zero-order valence-corrected chi connectivity index (χ0v) is 14.9. The van der Waals surface area contributed by atoms with E-state index in [9.17, 15) is 14.7 Å². The van der Waals surface area contributed by atoms with Crippen LogP contribution < -0.4 is 0 Å². The van der Waals surface area contributed by atoms with Gasteiger partial charge in [-0.1, -0.05) is 55.5 Å². The van der Waals surface area contributed by atoms with Gasteiger partial charge in [0, 0.05) is 5.92 Å². The van der Waals surface area contributed by atoms with E-state index in [0.717, 1.165) is 22.3 Å². The SMILES string of the molecule is CCC(O)COC12c3ccccc3C(c3ccccc31)C1C(=O)OC(=O)C12. The molecule has 1 N–H and O–H groups in total. The summed E-state index contributed by atoms with van der Waals surface area (Å²) in [5, 5.41) is 10.2. The van der Waals surface area contributed by atoms with Crippen LogP contribution in [-0.4, -0.2) is 29.8 Å². The number of hydrogen-bond donors (Lipinski definition) is 1. The van der Waals surface area contributed by atoms with E-state index in [0.29, 0.717) is 6.42 Å². The lowest BCUT2D eigenvalue weighted by molar-refractivity contribution is -0.159. The number of aliphatic hydroxyl groups is 1. The first-order valence-electron chi connectivity index (χ1n) is 9.36. The summed E-state index contributed by atoms with van der Waals surface area (Å²) in [5.74, 6) is -2.57. The molecule has 0 aromatic heterocycles. The Hall–Kier alpha value is -2.50. The van der Waals surface area contributed by atoms with Gasteiger partial charge in [-0.25, -0.2) is 0 Å². The lowest BCUT2D eigenvalue weighted by Gasteiger charge is -2.53. The zero-order chi connectivity index (χ0) is 18.8. The number of carbonyl (C=O) groups excluding carboxylic acids is 2. The lowest BCUT2D eigenvalue weighted by Crippen LogP contribution is -2.55. The Morgan fingerprint density at radius 3 is 2.22 bits per heavy atom. The smallest absolute Gasteiger partial charge is 0.321 e. The average Bonchev–Trinajstić information content (AvgIpc) is 3.01. The fourth-order valence-corrected chi connectivity index (χ4v) is 5.10. The second kappa shape index (κ2) is 5.75. The molecule has 1 fully saturated rings. The van der Waals surface area contributed by atoms with Crippen LogP contribution in [0.5, 0.6) is 0 Å². The van der Waals surface area contributed by atoms with Gasteiger partial charge in [-0.3, -0.25) is 9.59 Å². The molecule has 2 aromatic carbocycles. The van der Waals surface area contributed by atoms with Gasteiger partial charge in [0.2, 0.25) is 0 Å². The minimum Gasteiger partial charge on any atom is -0.393 e. The third kappa shape index (κ3) is 2.01. The molecule has 0 saturated carbocycles. The van der Waals surface area contributed by atoms with Gasteiger partial charge in [-0.15, -0.1) is 0 Å². The molecule has 1 saturated heterocycles. The molecule has 5 nitrogen and oxygen atoms in total. The highest BCUT2D eigenvalue weighted by Crippen LogP contribution is 2.64. The molecule has 1 aliphatic heterocycles. The van der Waals surface area contributed by atoms with E-state index in [1.165, 1.54) is 0 Å². The second-order valence-electron chi connectivity index (χ2n) is 7.50. The number of carbonyl (C=O) groups is 2. The zero-order valence-electron chi connectivity index (χ0n) is 14.9. The fraction of sp³-hybridized carbons (Fsp3) is 0.364. The van der Waals surface area contributed by atoms with Crippen molar-refractivity contribution in [1.29, 1.82) is 0 Å². The van der Waals surface area contributed by atoms with Gasteiger partial charge in [0.15, 0.2) is 0 Å². The summed E-state index contributed by atoms with van der Waals surface area (Å²) >= 11 is 0. The van der Waals surface area contributed by atoms with Gasteiger partial charge < -0.3 is 14.6 Å². The Morgan fingerprint density at radius 2 is 1.63 bits per heavy atom. The Morgan fingerprint density at radius 1 is 1.04 bits per heavy atom. The van der Waals surface area contributed by atoms with Gasteiger partial charge in [-0.2, -0.15) is 0 Å². The maximum atomic E-state index is 12.8. The van der Waals surface area contributed by atoms with E-state index in [1.807, 2.05) is 55.5 Å². The molecule has 3 unspecified atom stereocenters. The first kappa shape index (κ1) is 16.7. The molecule has 0 radical (unpaired) electrons. The number of esters is 2. The number of hydrogen-bond acceptors (Lipinski definition) is 5. The quantitative estimate of drug-likeness (QED) is 0.667. The molecule has 3 atom stereocenters. The Kier molecular flexibility index (Phi) is 3.55. The number of rotatable bonds is 4. The van der Waals surface area contributed by atoms with E-state index in [-0.39, 0.29) is 12.5 Å². The van der Waals surface area contributed by atoms with Crippen LogP contribution in [0.25, 0.3) is 0 Å². The molecule has 2 aromatic rings. The Labute approximate surface area is 156 Å². The molecular formula is C22H20O5. The highest BCUT2D eigenvalue weighted by atomic mass is 16.6. The molecule has 27 heavy (non-hydrogen) atoms. The van der Waals surface area contributed by atoms with E-state index in [2.05, 4.69) is 0 Å². The van der Waals surface area contributed by atoms with Crippen molar-refractivity contribution in [2.75, 3.05) is 6.61 Å². The average molecular weight is 364 g/mol. The first-order valence-corrected chi connectivity index (χ1v) is 9.36. The predicted octanol–water partition coefficient (Wildman–Crippen LogP) is 2.49. The summed E-state index contributed by atoms with van der Waals surface area (Å²) in [6, 6.07) is 15.6. The van der Waals surface area contributed by atoms with E-state index in [4.69, 9.17) is 9.47 Å². The molecule has 1 heterocycles. The molecule has 3 aliphatic carbocycles. The standard InChI is InChI=1S/C22H20O5/c1-2-12(23)11-26-22-15-9-5-3-7-13(15)17(14-8-4-6-10-16(14)22)18-19(22)21(25)27-20(18)24/h3-10,12,17-19,23H,2,11H2,1H3. The van der Waals surface area contributed by atoms with Crippen LogP contribution in [0.4, 0.5) is 0 Å². The van der Waals surface area contributed by atoms with E-state index >= 15 is 0 Å². The monoisotopic (exact) mass is 364 g/mol. The number of ether oxygens (including phenoxy) is 2. The van der Waals surface area contributed by atoms with Gasteiger partial charge in [-0.05, 0) is 28.7 Å². The van der Waals surface area contributed by atoms with Crippen LogP contribution in [-0.2, 0) is 24.7 Å². The third-order valence-electron chi connectivity index (χ3n) is 6.25. The van der Waals surface area contributed by atoms with Gasteiger partial charge in [0.25, 0.3) is 0 Å². The van der Waals surface area contributed by atoms with Crippen LogP contribution in [0.2, 0.25) is 0 Å². The van der Waals surface area contributed by atoms with Crippen LogP contribution in [0.3, 0.4) is 0 Å². The maximum Gasteiger partial charge on any atom is 0.321 e. The van der Waals surface area contributed by atoms with E-state index < -0.39 is 35.5 Å². The molecule has 4 aliphatic rings. The van der Waals surface area contributed by atoms with Crippen molar-refractivity contribution in [3.63, 3.8) is 0 Å². The van der Waals surface area contributed by atoms with Gasteiger partial charge in [0.05, 0.1) is 18.6 Å². The summed E-state index contributed by atoms with van der Waals surface area (Å²) < 4.78 is 11.5. The summed E-state index contributed by atoms with van der Waals surface area (Å²) in [6.07, 6.45) is -0.107. The largest absolute Gasteiger partial charge is 0.393 e. The van der Waals surface area contributed by atoms with Crippen molar-refractivity contribution in [3.05, 3.63) is 70.8 Å². The van der Waals surface area contributed by atoms with Crippen molar-refractivity contribution in [3.8, 4) is 0 Å². The van der Waals surface area contributed by atoms with Crippen molar-refractivity contribution in [2.24, 2.45) is 11.8 Å². The summed E-state index contributed by atoms with van der Waals surface area (Å²) in [5.41, 5.74) is 2.66. The van der Waals surface area contributed by atoms with Crippen LogP contribution >= 0.6 is 0 Å². The molecule has 138 valence electrons. The minimum absolute atomic E-state index is 0.0779. The molecule has 5 heteroatoms. The van der Waals surface area contributed by atoms with Crippen molar-refractivity contribution in [1.82, 2.24) is 0 Å². The van der Waals surface area contributed by atoms with E-state index in [1.54, 1.807) is 0 Å². The molecule has 0 amide bonds. The van der Waals surface area contributed by atoms with Crippen LogP contribution in [0.15, 0.2) is 48.5 Å². The van der Waals surface area contributed by atoms with Gasteiger partial charge in [0.1, 0.15) is 11.5 Å². The highest BCUT2D eigenvalue weighted by Gasteiger charge is 2.68.